The summed E-state index contributed by atoms with van der Waals surface area (Å²) in [5.41, 5.74) is -5.69. The topological polar surface area (TPSA) is 119 Å². The standard InChI is InChI=1S/C20H18O8/c1-10-5-4-8-18(27-10)20(25)16(23)12-7-3-2-6-11(12)15(22)19(20,24)17-13(28-18)9-14(21)26-17/h2-4,6-8,10,13,17,24-25H,5,9H2,1H3/t10-,13+,17-,18-,19+,20-/m0/s1. The zero-order valence-corrected chi connectivity index (χ0v) is 15.0. The molecule has 1 aromatic carbocycles. The number of ether oxygens (including phenoxy) is 3. The fourth-order valence-corrected chi connectivity index (χ4v) is 4.75. The van der Waals surface area contributed by atoms with Gasteiger partial charge in [0, 0.05) is 11.1 Å². The molecule has 28 heavy (non-hydrogen) atoms. The number of rotatable bonds is 0. The van der Waals surface area contributed by atoms with E-state index in [0.717, 1.165) is 0 Å². The summed E-state index contributed by atoms with van der Waals surface area (Å²) < 4.78 is 17.0. The minimum absolute atomic E-state index is 0.0498. The number of benzene rings is 1. The van der Waals surface area contributed by atoms with E-state index in [9.17, 15) is 24.6 Å². The highest BCUT2D eigenvalue weighted by Crippen LogP contribution is 2.55. The minimum Gasteiger partial charge on any atom is -0.456 e. The van der Waals surface area contributed by atoms with E-state index in [-0.39, 0.29) is 17.5 Å². The van der Waals surface area contributed by atoms with Crippen LogP contribution in [0.4, 0.5) is 0 Å². The summed E-state index contributed by atoms with van der Waals surface area (Å²) in [5.74, 6) is -4.66. The van der Waals surface area contributed by atoms with Crippen molar-refractivity contribution in [2.75, 3.05) is 0 Å². The molecule has 2 saturated heterocycles. The Labute approximate surface area is 159 Å². The molecule has 5 rings (SSSR count). The van der Waals surface area contributed by atoms with Gasteiger partial charge in [-0.05, 0) is 19.4 Å². The predicted molar refractivity (Wildman–Crippen MR) is 91.4 cm³/mol. The molecule has 6 atom stereocenters. The summed E-state index contributed by atoms with van der Waals surface area (Å²) in [6.07, 6.45) is 0.192. The number of fused-ring (bicyclic) bond motifs is 5. The molecule has 146 valence electrons. The largest absolute Gasteiger partial charge is 0.456 e. The van der Waals surface area contributed by atoms with Gasteiger partial charge in [-0.15, -0.1) is 0 Å². The Kier molecular flexibility index (Phi) is 3.38. The van der Waals surface area contributed by atoms with Gasteiger partial charge in [0.05, 0.1) is 12.5 Å². The molecule has 8 nitrogen and oxygen atoms in total. The highest BCUT2D eigenvalue weighted by Gasteiger charge is 2.82. The first kappa shape index (κ1) is 17.7. The predicted octanol–water partition coefficient (Wildman–Crippen LogP) is 0.303. The van der Waals surface area contributed by atoms with Crippen molar-refractivity contribution in [1.29, 1.82) is 0 Å². The molecule has 0 saturated carbocycles. The normalized spacial score (nSPS) is 44.1. The Morgan fingerprint density at radius 2 is 1.71 bits per heavy atom. The number of carbonyl (C=O) groups excluding carboxylic acids is 3. The third-order valence-corrected chi connectivity index (χ3v) is 6.03. The monoisotopic (exact) mass is 386 g/mol. The summed E-state index contributed by atoms with van der Waals surface area (Å²) in [5, 5.41) is 23.4. The second kappa shape index (κ2) is 5.36. The molecule has 0 radical (unpaired) electrons. The van der Waals surface area contributed by atoms with E-state index in [2.05, 4.69) is 0 Å². The third-order valence-electron chi connectivity index (χ3n) is 6.03. The quantitative estimate of drug-likeness (QED) is 0.483. The second-order valence-electron chi connectivity index (χ2n) is 7.69. The summed E-state index contributed by atoms with van der Waals surface area (Å²) >= 11 is 0. The van der Waals surface area contributed by atoms with Crippen molar-refractivity contribution >= 4 is 17.5 Å². The van der Waals surface area contributed by atoms with Gasteiger partial charge in [-0.1, -0.05) is 30.3 Å². The van der Waals surface area contributed by atoms with E-state index in [1.54, 1.807) is 25.1 Å². The van der Waals surface area contributed by atoms with Gasteiger partial charge in [-0.25, -0.2) is 0 Å². The van der Waals surface area contributed by atoms with Crippen LogP contribution in [0.2, 0.25) is 0 Å². The highest BCUT2D eigenvalue weighted by molar-refractivity contribution is 6.23. The van der Waals surface area contributed by atoms with Crippen LogP contribution in [0, 0.1) is 0 Å². The number of Topliss-reactive ketones (excluding diaryl/α,β-unsaturated/α-hetero) is 2. The lowest BCUT2D eigenvalue weighted by Gasteiger charge is -2.59. The number of hydrogen-bond donors (Lipinski definition) is 2. The zero-order valence-electron chi connectivity index (χ0n) is 15.0. The molecule has 0 amide bonds. The summed E-state index contributed by atoms with van der Waals surface area (Å²) in [6.45, 7) is 1.71. The van der Waals surface area contributed by atoms with Crippen LogP contribution in [0.1, 0.15) is 40.5 Å². The van der Waals surface area contributed by atoms with Gasteiger partial charge in [-0.3, -0.25) is 14.4 Å². The van der Waals surface area contributed by atoms with Gasteiger partial charge in [-0.2, -0.15) is 0 Å². The molecule has 4 aliphatic rings. The lowest BCUT2D eigenvalue weighted by atomic mass is 9.59. The van der Waals surface area contributed by atoms with Crippen molar-refractivity contribution in [2.45, 2.75) is 55.1 Å². The Morgan fingerprint density at radius 3 is 2.39 bits per heavy atom. The smallest absolute Gasteiger partial charge is 0.309 e. The second-order valence-corrected chi connectivity index (χ2v) is 7.69. The molecular formula is C20H18O8. The molecule has 3 aliphatic heterocycles. The van der Waals surface area contributed by atoms with Crippen molar-refractivity contribution in [3.05, 3.63) is 47.5 Å². The van der Waals surface area contributed by atoms with Crippen LogP contribution < -0.4 is 0 Å². The van der Waals surface area contributed by atoms with E-state index in [1.807, 2.05) is 0 Å². The van der Waals surface area contributed by atoms with Crippen molar-refractivity contribution in [3.63, 3.8) is 0 Å². The van der Waals surface area contributed by atoms with Gasteiger partial charge in [0.25, 0.3) is 0 Å². The molecule has 1 spiro atoms. The maximum absolute atomic E-state index is 13.5. The van der Waals surface area contributed by atoms with Crippen molar-refractivity contribution in [2.24, 2.45) is 0 Å². The number of aliphatic hydroxyl groups is 2. The fourth-order valence-electron chi connectivity index (χ4n) is 4.75. The summed E-state index contributed by atoms with van der Waals surface area (Å²) in [4.78, 5) is 38.8. The number of hydrogen-bond acceptors (Lipinski definition) is 8. The average Bonchev–Trinajstić information content (AvgIpc) is 3.04. The molecule has 3 heterocycles. The Hall–Kier alpha value is -2.39. The average molecular weight is 386 g/mol. The lowest BCUT2D eigenvalue weighted by molar-refractivity contribution is -0.379. The molecule has 0 aromatic heterocycles. The molecule has 0 bridgehead atoms. The van der Waals surface area contributed by atoms with Crippen LogP contribution in [0.5, 0.6) is 0 Å². The third kappa shape index (κ3) is 1.81. The van der Waals surface area contributed by atoms with Crippen molar-refractivity contribution in [1.82, 2.24) is 0 Å². The Bertz CT molecular complexity index is 953. The first-order chi connectivity index (χ1) is 13.2. The minimum atomic E-state index is -2.83. The molecule has 1 aliphatic carbocycles. The number of carbonyl (C=O) groups is 3. The fraction of sp³-hybridized carbons (Fsp3) is 0.450. The van der Waals surface area contributed by atoms with Gasteiger partial charge < -0.3 is 24.4 Å². The molecular weight excluding hydrogens is 368 g/mol. The first-order valence-corrected chi connectivity index (χ1v) is 9.11. The lowest BCUT2D eigenvalue weighted by Crippen LogP contribution is -2.85. The molecule has 1 aromatic rings. The van der Waals surface area contributed by atoms with Crippen molar-refractivity contribution in [3.8, 4) is 0 Å². The van der Waals surface area contributed by atoms with Crippen LogP contribution in [0.3, 0.4) is 0 Å². The van der Waals surface area contributed by atoms with Gasteiger partial charge in [0.2, 0.25) is 28.6 Å². The van der Waals surface area contributed by atoms with Crippen LogP contribution >= 0.6 is 0 Å². The van der Waals surface area contributed by atoms with E-state index >= 15 is 0 Å². The maximum atomic E-state index is 13.5. The van der Waals surface area contributed by atoms with Crippen LogP contribution in [-0.2, 0) is 19.0 Å². The SMILES string of the molecule is C[C@H]1CC=C[C@]2(O1)O[C@@H]1CC(=O)O[C@@H]1[C@]1(O)C(=O)c3ccccc3C(=O)[C@]21O. The molecule has 2 fully saturated rings. The van der Waals surface area contributed by atoms with Crippen LogP contribution in [0.25, 0.3) is 0 Å². The van der Waals surface area contributed by atoms with Gasteiger partial charge >= 0.3 is 5.97 Å². The number of ketones is 2. The summed E-state index contributed by atoms with van der Waals surface area (Å²) in [7, 11) is 0. The zero-order chi connectivity index (χ0) is 19.9. The Balaban J connectivity index is 1.83. The van der Waals surface area contributed by atoms with Crippen LogP contribution in [-0.4, -0.2) is 63.0 Å². The molecule has 2 N–H and O–H groups in total. The van der Waals surface area contributed by atoms with Gasteiger partial charge in [0.15, 0.2) is 6.10 Å². The van der Waals surface area contributed by atoms with E-state index in [1.165, 1.54) is 18.2 Å². The Morgan fingerprint density at radius 1 is 1.04 bits per heavy atom. The van der Waals surface area contributed by atoms with Crippen LogP contribution in [0.15, 0.2) is 36.4 Å². The number of esters is 1. The van der Waals surface area contributed by atoms with E-state index in [4.69, 9.17) is 14.2 Å². The molecule has 8 heteroatoms. The van der Waals surface area contributed by atoms with Gasteiger partial charge in [0.1, 0.15) is 6.10 Å². The highest BCUT2D eigenvalue weighted by atomic mass is 16.7. The maximum Gasteiger partial charge on any atom is 0.309 e. The molecule has 0 unspecified atom stereocenters. The summed E-state index contributed by atoms with van der Waals surface area (Å²) in [6, 6.07) is 5.88. The first-order valence-electron chi connectivity index (χ1n) is 9.11. The van der Waals surface area contributed by atoms with Crippen molar-refractivity contribution < 1.29 is 38.8 Å². The van der Waals surface area contributed by atoms with E-state index in [0.29, 0.717) is 6.42 Å². The van der Waals surface area contributed by atoms with E-state index < -0.39 is 52.8 Å².